The van der Waals surface area contributed by atoms with Crippen LogP contribution in [-0.2, 0) is 14.3 Å². The highest BCUT2D eigenvalue weighted by Crippen LogP contribution is 2.22. The highest BCUT2D eigenvalue weighted by atomic mass is 79.9. The van der Waals surface area contributed by atoms with E-state index in [2.05, 4.69) is 21.2 Å². The summed E-state index contributed by atoms with van der Waals surface area (Å²) in [6.07, 6.45) is 0.232. The van der Waals surface area contributed by atoms with Gasteiger partial charge in [-0.2, -0.15) is 0 Å². The second-order valence-electron chi connectivity index (χ2n) is 5.36. The number of nitrogens with one attached hydrogen (secondary N) is 1. The molecule has 1 amide bonds. The largest absolute Gasteiger partial charge is 0.469 e. The van der Waals surface area contributed by atoms with Crippen molar-refractivity contribution in [2.75, 3.05) is 7.11 Å². The van der Waals surface area contributed by atoms with Gasteiger partial charge in [-0.05, 0) is 29.1 Å². The maximum Gasteiger partial charge on any atom is 0.307 e. The number of carbonyl (C=O) groups is 3. The van der Waals surface area contributed by atoms with Crippen molar-refractivity contribution in [1.29, 1.82) is 0 Å². The molecule has 5 nitrogen and oxygen atoms in total. The van der Waals surface area contributed by atoms with Gasteiger partial charge in [0, 0.05) is 17.3 Å². The van der Waals surface area contributed by atoms with E-state index >= 15 is 0 Å². The van der Waals surface area contributed by atoms with Crippen molar-refractivity contribution < 1.29 is 19.1 Å². The fourth-order valence-corrected chi connectivity index (χ4v) is 3.39. The summed E-state index contributed by atoms with van der Waals surface area (Å²) >= 11 is 4.74. The average molecular weight is 424 g/mol. The van der Waals surface area contributed by atoms with Crippen LogP contribution in [0.15, 0.2) is 46.3 Å². The molecule has 0 fully saturated rings. The molecule has 1 atom stereocenters. The van der Waals surface area contributed by atoms with Gasteiger partial charge in [-0.15, -0.1) is 11.3 Å². The number of ether oxygens (including phenoxy) is 1. The molecule has 0 aliphatic rings. The molecular formula is C18H18BrNO4S. The number of hydrogen-bond acceptors (Lipinski definition) is 5. The predicted octanol–water partition coefficient (Wildman–Crippen LogP) is 3.89. The molecule has 25 heavy (non-hydrogen) atoms. The maximum atomic E-state index is 12.2. The molecule has 7 heteroatoms. The van der Waals surface area contributed by atoms with Gasteiger partial charge >= 0.3 is 5.97 Å². The quantitative estimate of drug-likeness (QED) is 0.516. The molecule has 1 aromatic carbocycles. The summed E-state index contributed by atoms with van der Waals surface area (Å²) in [6.45, 7) is 0. The van der Waals surface area contributed by atoms with Crippen molar-refractivity contribution in [2.24, 2.45) is 0 Å². The topological polar surface area (TPSA) is 72.5 Å². The number of ketones is 1. The van der Waals surface area contributed by atoms with E-state index in [4.69, 9.17) is 4.74 Å². The minimum Gasteiger partial charge on any atom is -0.469 e. The number of rotatable bonds is 8. The van der Waals surface area contributed by atoms with Crippen molar-refractivity contribution in [3.8, 4) is 0 Å². The van der Waals surface area contributed by atoms with E-state index in [1.165, 1.54) is 18.4 Å². The molecule has 0 bridgehead atoms. The summed E-state index contributed by atoms with van der Waals surface area (Å²) in [5, 5.41) is 4.64. The first-order chi connectivity index (χ1) is 12.0. The zero-order valence-electron chi connectivity index (χ0n) is 13.7. The lowest BCUT2D eigenvalue weighted by Crippen LogP contribution is -2.30. The number of methoxy groups -OCH3 is 1. The Labute approximate surface area is 158 Å². The number of halogens is 1. The van der Waals surface area contributed by atoms with Gasteiger partial charge in [0.15, 0.2) is 5.78 Å². The van der Waals surface area contributed by atoms with E-state index in [-0.39, 0.29) is 31.0 Å². The standard InChI is InChI=1S/C18H18BrNO4S/c1-24-18(23)11-14(12-4-2-5-13(19)10-12)20-17(22)8-7-15(21)16-6-3-9-25-16/h2-6,9-10,14H,7-8,11H2,1H3,(H,20,22). The Morgan fingerprint density at radius 1 is 1.20 bits per heavy atom. The highest BCUT2D eigenvalue weighted by molar-refractivity contribution is 9.10. The lowest BCUT2D eigenvalue weighted by atomic mass is 10.0. The third-order valence-corrected chi connectivity index (χ3v) is 4.96. The lowest BCUT2D eigenvalue weighted by molar-refractivity contribution is -0.141. The number of amides is 1. The molecular weight excluding hydrogens is 406 g/mol. The lowest BCUT2D eigenvalue weighted by Gasteiger charge is -2.18. The van der Waals surface area contributed by atoms with Gasteiger partial charge < -0.3 is 10.1 Å². The smallest absolute Gasteiger partial charge is 0.307 e. The van der Waals surface area contributed by atoms with Crippen LogP contribution in [0, 0.1) is 0 Å². The van der Waals surface area contributed by atoms with Gasteiger partial charge in [0.2, 0.25) is 5.91 Å². The van der Waals surface area contributed by atoms with E-state index in [0.29, 0.717) is 4.88 Å². The van der Waals surface area contributed by atoms with E-state index in [9.17, 15) is 14.4 Å². The Kier molecular flexibility index (Phi) is 7.33. The van der Waals surface area contributed by atoms with Gasteiger partial charge in [-0.25, -0.2) is 0 Å². The molecule has 132 valence electrons. The minimum atomic E-state index is -0.505. The molecule has 2 rings (SSSR count). The fraction of sp³-hybridized carbons (Fsp3) is 0.278. The molecule has 1 unspecified atom stereocenters. The van der Waals surface area contributed by atoms with Gasteiger partial charge in [0.05, 0.1) is 24.4 Å². The Morgan fingerprint density at radius 2 is 2.00 bits per heavy atom. The molecule has 0 spiro atoms. The van der Waals surface area contributed by atoms with Crippen LogP contribution in [-0.4, -0.2) is 24.8 Å². The Hall–Kier alpha value is -1.99. The predicted molar refractivity (Wildman–Crippen MR) is 99.5 cm³/mol. The van der Waals surface area contributed by atoms with Gasteiger partial charge in [0.25, 0.3) is 0 Å². The van der Waals surface area contributed by atoms with Gasteiger partial charge in [0.1, 0.15) is 0 Å². The van der Waals surface area contributed by atoms with E-state index in [0.717, 1.165) is 10.0 Å². The van der Waals surface area contributed by atoms with E-state index in [1.807, 2.05) is 29.6 Å². The number of esters is 1. The van der Waals surface area contributed by atoms with Gasteiger partial charge in [-0.3, -0.25) is 14.4 Å². The van der Waals surface area contributed by atoms with Crippen LogP contribution in [0.2, 0.25) is 0 Å². The molecule has 0 aliphatic carbocycles. The minimum absolute atomic E-state index is 0.0254. The normalized spacial score (nSPS) is 11.6. The molecule has 0 aliphatic heterocycles. The van der Waals surface area contributed by atoms with Crippen LogP contribution in [0.3, 0.4) is 0 Å². The monoisotopic (exact) mass is 423 g/mol. The number of hydrogen-bond donors (Lipinski definition) is 1. The van der Waals surface area contributed by atoms with Crippen molar-refractivity contribution in [3.63, 3.8) is 0 Å². The van der Waals surface area contributed by atoms with Crippen molar-refractivity contribution in [1.82, 2.24) is 5.32 Å². The number of benzene rings is 1. The third kappa shape index (κ3) is 6.10. The summed E-state index contributed by atoms with van der Waals surface area (Å²) in [6, 6.07) is 10.4. The second-order valence-corrected chi connectivity index (χ2v) is 7.22. The van der Waals surface area contributed by atoms with E-state index < -0.39 is 12.0 Å². The summed E-state index contributed by atoms with van der Waals surface area (Å²) in [5.74, 6) is -0.754. The van der Waals surface area contributed by atoms with Crippen LogP contribution in [0.5, 0.6) is 0 Å². The summed E-state index contributed by atoms with van der Waals surface area (Å²) < 4.78 is 5.56. The summed E-state index contributed by atoms with van der Waals surface area (Å²) in [5.41, 5.74) is 0.790. The summed E-state index contributed by atoms with van der Waals surface area (Å²) in [7, 11) is 1.31. The van der Waals surface area contributed by atoms with Gasteiger partial charge in [-0.1, -0.05) is 34.1 Å². The Morgan fingerprint density at radius 3 is 2.64 bits per heavy atom. The summed E-state index contributed by atoms with van der Waals surface area (Å²) in [4.78, 5) is 36.5. The van der Waals surface area contributed by atoms with Crippen molar-refractivity contribution in [3.05, 3.63) is 56.7 Å². The molecule has 2 aromatic rings. The van der Waals surface area contributed by atoms with Crippen LogP contribution in [0.1, 0.15) is 40.5 Å². The van der Waals surface area contributed by atoms with Crippen LogP contribution >= 0.6 is 27.3 Å². The number of carbonyl (C=O) groups excluding carboxylic acids is 3. The highest BCUT2D eigenvalue weighted by Gasteiger charge is 2.20. The molecule has 1 heterocycles. The van der Waals surface area contributed by atoms with Crippen molar-refractivity contribution in [2.45, 2.75) is 25.3 Å². The number of thiophene rings is 1. The van der Waals surface area contributed by atoms with Crippen LogP contribution in [0.4, 0.5) is 0 Å². The second kappa shape index (κ2) is 9.48. The van der Waals surface area contributed by atoms with Crippen molar-refractivity contribution >= 4 is 44.9 Å². The fourth-order valence-electron chi connectivity index (χ4n) is 2.28. The maximum absolute atomic E-state index is 12.2. The Balaban J connectivity index is 1.99. The molecule has 0 saturated carbocycles. The SMILES string of the molecule is COC(=O)CC(NC(=O)CCC(=O)c1cccs1)c1cccc(Br)c1. The molecule has 0 saturated heterocycles. The third-order valence-electron chi connectivity index (χ3n) is 3.56. The van der Waals surface area contributed by atoms with Crippen LogP contribution < -0.4 is 5.32 Å². The first-order valence-electron chi connectivity index (χ1n) is 7.68. The zero-order chi connectivity index (χ0) is 18.2. The Bertz CT molecular complexity index is 745. The first kappa shape index (κ1) is 19.3. The van der Waals surface area contributed by atoms with Crippen LogP contribution in [0.25, 0.3) is 0 Å². The molecule has 1 aromatic heterocycles. The molecule has 1 N–H and O–H groups in total. The van der Waals surface area contributed by atoms with E-state index in [1.54, 1.807) is 12.1 Å². The zero-order valence-corrected chi connectivity index (χ0v) is 16.1. The number of Topliss-reactive ketones (excluding diaryl/α,β-unsaturated/α-hetero) is 1. The molecule has 0 radical (unpaired) electrons. The average Bonchev–Trinajstić information content (AvgIpc) is 3.13. The first-order valence-corrected chi connectivity index (χ1v) is 9.35.